The van der Waals surface area contributed by atoms with E-state index in [9.17, 15) is 10.1 Å². The van der Waals surface area contributed by atoms with Gasteiger partial charge in [0.15, 0.2) is 0 Å². The van der Waals surface area contributed by atoms with E-state index < -0.39 is 10.5 Å². The zero-order valence-electron chi connectivity index (χ0n) is 9.25. The third-order valence-electron chi connectivity index (χ3n) is 2.03. The number of nitro groups is 1. The molecule has 0 aromatic heterocycles. The molecule has 86 valence electrons. The molecule has 0 spiro atoms. The molecule has 1 N–H and O–H groups in total. The van der Waals surface area contributed by atoms with Gasteiger partial charge in [0.25, 0.3) is 5.69 Å². The fourth-order valence-electron chi connectivity index (χ4n) is 1.01. The summed E-state index contributed by atoms with van der Waals surface area (Å²) in [6.45, 7) is 3.49. The molecule has 5 heteroatoms. The molecule has 1 aromatic rings. The normalized spacial score (nSPS) is 11.9. The summed E-state index contributed by atoms with van der Waals surface area (Å²) in [6.07, 6.45) is 1.53. The molecule has 5 nitrogen and oxygen atoms in total. The highest BCUT2D eigenvalue weighted by molar-refractivity contribution is 5.80. The van der Waals surface area contributed by atoms with Gasteiger partial charge >= 0.3 is 0 Å². The second kappa shape index (κ2) is 4.85. The van der Waals surface area contributed by atoms with Crippen molar-refractivity contribution in [1.29, 1.82) is 0 Å². The summed E-state index contributed by atoms with van der Waals surface area (Å²) in [6, 6.07) is 6.20. The van der Waals surface area contributed by atoms with Gasteiger partial charge in [-0.2, -0.15) is 0 Å². The molecule has 0 aliphatic carbocycles. The van der Waals surface area contributed by atoms with E-state index in [0.29, 0.717) is 5.56 Å². The Labute approximate surface area is 93.6 Å². The standard InChI is InChI=1S/C11H14N2O3/c1-11(2,8-14)12-7-9-4-3-5-10(6-9)13(15)16/h3-7,14H,8H2,1-2H3. The summed E-state index contributed by atoms with van der Waals surface area (Å²) in [5.41, 5.74) is 0.117. The molecule has 0 saturated carbocycles. The van der Waals surface area contributed by atoms with Crippen LogP contribution < -0.4 is 0 Å². The van der Waals surface area contributed by atoms with E-state index in [1.807, 2.05) is 0 Å². The molecule has 0 heterocycles. The number of aliphatic hydroxyl groups is 1. The van der Waals surface area contributed by atoms with Crippen LogP contribution in [0.25, 0.3) is 0 Å². The second-order valence-corrected chi connectivity index (χ2v) is 4.08. The van der Waals surface area contributed by atoms with Gasteiger partial charge < -0.3 is 5.11 Å². The average molecular weight is 222 g/mol. The highest BCUT2D eigenvalue weighted by Gasteiger charge is 2.12. The number of benzene rings is 1. The minimum Gasteiger partial charge on any atom is -0.394 e. The van der Waals surface area contributed by atoms with Gasteiger partial charge in [-0.15, -0.1) is 0 Å². The third-order valence-corrected chi connectivity index (χ3v) is 2.03. The molecule has 1 aromatic carbocycles. The fourth-order valence-corrected chi connectivity index (χ4v) is 1.01. The van der Waals surface area contributed by atoms with Crippen LogP contribution in [0.4, 0.5) is 5.69 Å². The minimum atomic E-state index is -0.565. The fraction of sp³-hybridized carbons (Fsp3) is 0.364. The highest BCUT2D eigenvalue weighted by Crippen LogP contribution is 2.13. The first-order chi connectivity index (χ1) is 7.44. The summed E-state index contributed by atoms with van der Waals surface area (Å²) in [5.74, 6) is 0. The Morgan fingerprint density at radius 1 is 1.56 bits per heavy atom. The molecule has 0 saturated heterocycles. The zero-order chi connectivity index (χ0) is 12.2. The van der Waals surface area contributed by atoms with E-state index in [1.54, 1.807) is 26.0 Å². The SMILES string of the molecule is CC(C)(CO)N=Cc1cccc([N+](=O)[O-])c1. The van der Waals surface area contributed by atoms with Gasteiger partial charge in [0.05, 0.1) is 17.1 Å². The lowest BCUT2D eigenvalue weighted by Gasteiger charge is -2.14. The summed E-state index contributed by atoms with van der Waals surface area (Å²) >= 11 is 0. The molecule has 0 atom stereocenters. The second-order valence-electron chi connectivity index (χ2n) is 4.08. The van der Waals surface area contributed by atoms with Crippen molar-refractivity contribution in [3.63, 3.8) is 0 Å². The predicted octanol–water partition coefficient (Wildman–Crippen LogP) is 1.78. The van der Waals surface area contributed by atoms with Crippen molar-refractivity contribution in [1.82, 2.24) is 0 Å². The summed E-state index contributed by atoms with van der Waals surface area (Å²) in [7, 11) is 0. The van der Waals surface area contributed by atoms with Gasteiger partial charge in [-0.1, -0.05) is 12.1 Å². The Balaban J connectivity index is 2.90. The molecule has 0 aliphatic heterocycles. The van der Waals surface area contributed by atoms with Gasteiger partial charge in [0.2, 0.25) is 0 Å². The average Bonchev–Trinajstić information content (AvgIpc) is 2.27. The third kappa shape index (κ3) is 3.43. The smallest absolute Gasteiger partial charge is 0.270 e. The molecule has 0 bridgehead atoms. The maximum atomic E-state index is 10.5. The molecule has 0 fully saturated rings. The van der Waals surface area contributed by atoms with E-state index in [1.165, 1.54) is 18.3 Å². The van der Waals surface area contributed by atoms with E-state index in [0.717, 1.165) is 0 Å². The molecular weight excluding hydrogens is 208 g/mol. The first-order valence-corrected chi connectivity index (χ1v) is 4.85. The predicted molar refractivity (Wildman–Crippen MR) is 61.9 cm³/mol. The van der Waals surface area contributed by atoms with Gasteiger partial charge in [-0.3, -0.25) is 15.1 Å². The number of non-ortho nitro benzene ring substituents is 1. The van der Waals surface area contributed by atoms with Crippen LogP contribution in [0.3, 0.4) is 0 Å². The Bertz CT molecular complexity index is 413. The van der Waals surface area contributed by atoms with E-state index in [-0.39, 0.29) is 12.3 Å². The highest BCUT2D eigenvalue weighted by atomic mass is 16.6. The molecule has 1 rings (SSSR count). The van der Waals surface area contributed by atoms with E-state index >= 15 is 0 Å². The number of rotatable bonds is 4. The van der Waals surface area contributed by atoms with Gasteiger partial charge in [0.1, 0.15) is 0 Å². The summed E-state index contributed by atoms with van der Waals surface area (Å²) in [5, 5.41) is 19.5. The van der Waals surface area contributed by atoms with Crippen LogP contribution >= 0.6 is 0 Å². The lowest BCUT2D eigenvalue weighted by atomic mass is 10.1. The van der Waals surface area contributed by atoms with Crippen molar-refractivity contribution in [2.24, 2.45) is 4.99 Å². The first kappa shape index (κ1) is 12.3. The molecular formula is C11H14N2O3. The largest absolute Gasteiger partial charge is 0.394 e. The Kier molecular flexibility index (Phi) is 3.73. The van der Waals surface area contributed by atoms with E-state index in [2.05, 4.69) is 4.99 Å². The minimum absolute atomic E-state index is 0.0331. The molecule has 0 unspecified atom stereocenters. The molecule has 16 heavy (non-hydrogen) atoms. The van der Waals surface area contributed by atoms with Crippen molar-refractivity contribution in [3.8, 4) is 0 Å². The first-order valence-electron chi connectivity index (χ1n) is 4.85. The number of aliphatic imine (C=N–C) groups is 1. The topological polar surface area (TPSA) is 75.7 Å². The van der Waals surface area contributed by atoms with Crippen molar-refractivity contribution >= 4 is 11.9 Å². The summed E-state index contributed by atoms with van der Waals surface area (Å²) in [4.78, 5) is 14.2. The van der Waals surface area contributed by atoms with Gasteiger partial charge in [-0.05, 0) is 19.4 Å². The van der Waals surface area contributed by atoms with Crippen LogP contribution in [-0.4, -0.2) is 28.4 Å². The van der Waals surface area contributed by atoms with Crippen LogP contribution in [0.1, 0.15) is 19.4 Å². The Morgan fingerprint density at radius 2 is 2.25 bits per heavy atom. The van der Waals surface area contributed by atoms with Crippen LogP contribution in [0, 0.1) is 10.1 Å². The van der Waals surface area contributed by atoms with Crippen LogP contribution in [-0.2, 0) is 0 Å². The number of hydrogen-bond acceptors (Lipinski definition) is 4. The quantitative estimate of drug-likeness (QED) is 0.479. The molecule has 0 amide bonds. The van der Waals surface area contributed by atoms with Gasteiger partial charge in [0, 0.05) is 18.3 Å². The van der Waals surface area contributed by atoms with Crippen molar-refractivity contribution in [3.05, 3.63) is 39.9 Å². The molecule has 0 radical (unpaired) electrons. The lowest BCUT2D eigenvalue weighted by molar-refractivity contribution is -0.384. The van der Waals surface area contributed by atoms with Crippen molar-refractivity contribution < 1.29 is 10.0 Å². The molecule has 0 aliphatic rings. The lowest BCUT2D eigenvalue weighted by Crippen LogP contribution is -2.21. The van der Waals surface area contributed by atoms with Gasteiger partial charge in [-0.25, -0.2) is 0 Å². The van der Waals surface area contributed by atoms with Crippen molar-refractivity contribution in [2.75, 3.05) is 6.61 Å². The monoisotopic (exact) mass is 222 g/mol. The number of nitro benzene ring substituents is 1. The number of hydrogen-bond donors (Lipinski definition) is 1. The Hall–Kier alpha value is -1.75. The van der Waals surface area contributed by atoms with Crippen LogP contribution in [0.5, 0.6) is 0 Å². The summed E-state index contributed by atoms with van der Waals surface area (Å²) < 4.78 is 0. The van der Waals surface area contributed by atoms with E-state index in [4.69, 9.17) is 5.11 Å². The zero-order valence-corrected chi connectivity index (χ0v) is 9.25. The maximum absolute atomic E-state index is 10.5. The number of aliphatic hydroxyl groups excluding tert-OH is 1. The maximum Gasteiger partial charge on any atom is 0.270 e. The Morgan fingerprint density at radius 3 is 2.81 bits per heavy atom. The number of nitrogens with zero attached hydrogens (tertiary/aromatic N) is 2. The van der Waals surface area contributed by atoms with Crippen LogP contribution in [0.2, 0.25) is 0 Å². The van der Waals surface area contributed by atoms with Crippen LogP contribution in [0.15, 0.2) is 29.3 Å². The van der Waals surface area contributed by atoms with Crippen molar-refractivity contribution in [2.45, 2.75) is 19.4 Å².